The summed E-state index contributed by atoms with van der Waals surface area (Å²) in [5, 5.41) is 11.1. The van der Waals surface area contributed by atoms with Crippen LogP contribution in [-0.4, -0.2) is 61.0 Å². The minimum atomic E-state index is 0.417. The number of benzene rings is 1. The van der Waals surface area contributed by atoms with Gasteiger partial charge in [-0.05, 0) is 22.4 Å². The molecule has 0 aliphatic carbocycles. The van der Waals surface area contributed by atoms with Crippen molar-refractivity contribution in [3.05, 3.63) is 30.1 Å². The molecule has 1 aliphatic rings. The highest BCUT2D eigenvalue weighted by Gasteiger charge is 2.20. The molecule has 9 nitrogen and oxygen atoms in total. The van der Waals surface area contributed by atoms with Gasteiger partial charge in [-0.25, -0.2) is 19.6 Å². The number of fused-ring (bicyclic) bond motifs is 2. The van der Waals surface area contributed by atoms with E-state index in [1.54, 1.807) is 0 Å². The average molecular weight is 396 g/mol. The standard InChI is InChI=1S/C18H20N8OS/c1-25-13-5-3-2-4-12(13)20-14(25)6-7-19-17-18(26-8-10-28-11-9-26)22-16-15(21-17)23-27-24-16/h2-5H,6-11H2,1H3,(H,19,21,23). The maximum Gasteiger partial charge on any atom is 0.245 e. The molecule has 1 N–H and O–H groups in total. The zero-order valence-corrected chi connectivity index (χ0v) is 16.3. The predicted octanol–water partition coefficient (Wildman–Crippen LogP) is 2.11. The van der Waals surface area contributed by atoms with E-state index in [0.29, 0.717) is 23.7 Å². The summed E-state index contributed by atoms with van der Waals surface area (Å²) in [6, 6.07) is 8.17. The lowest BCUT2D eigenvalue weighted by molar-refractivity contribution is 0.314. The molecule has 1 aliphatic heterocycles. The number of anilines is 2. The molecule has 1 fully saturated rings. The van der Waals surface area contributed by atoms with Crippen molar-refractivity contribution in [2.75, 3.05) is 41.4 Å². The van der Waals surface area contributed by atoms with Crippen LogP contribution in [0, 0.1) is 0 Å². The van der Waals surface area contributed by atoms with E-state index >= 15 is 0 Å². The lowest BCUT2D eigenvalue weighted by Crippen LogP contribution is -2.34. The minimum Gasteiger partial charge on any atom is -0.366 e. The first kappa shape index (κ1) is 17.2. The van der Waals surface area contributed by atoms with Gasteiger partial charge in [0.05, 0.1) is 11.0 Å². The van der Waals surface area contributed by atoms with Gasteiger partial charge in [0.1, 0.15) is 5.82 Å². The fourth-order valence-corrected chi connectivity index (χ4v) is 4.36. The normalized spacial score (nSPS) is 14.8. The Balaban J connectivity index is 1.38. The number of nitrogens with one attached hydrogen (secondary N) is 1. The number of thioether (sulfide) groups is 1. The molecular formula is C18H20N8OS. The molecule has 5 rings (SSSR count). The van der Waals surface area contributed by atoms with Gasteiger partial charge in [-0.1, -0.05) is 12.1 Å². The van der Waals surface area contributed by atoms with Gasteiger partial charge < -0.3 is 14.8 Å². The summed E-state index contributed by atoms with van der Waals surface area (Å²) in [5.41, 5.74) is 3.01. The van der Waals surface area contributed by atoms with Crippen LogP contribution in [0.15, 0.2) is 28.9 Å². The Kier molecular flexibility index (Phi) is 4.47. The largest absolute Gasteiger partial charge is 0.366 e. The number of para-hydroxylation sites is 2. The van der Waals surface area contributed by atoms with E-state index in [2.05, 4.69) is 48.2 Å². The highest BCUT2D eigenvalue weighted by molar-refractivity contribution is 7.99. The highest BCUT2D eigenvalue weighted by Crippen LogP contribution is 2.26. The summed E-state index contributed by atoms with van der Waals surface area (Å²) in [6.45, 7) is 2.57. The number of aryl methyl sites for hydroxylation is 1. The quantitative estimate of drug-likeness (QED) is 0.544. The van der Waals surface area contributed by atoms with E-state index in [4.69, 9.17) is 9.61 Å². The molecule has 28 heavy (non-hydrogen) atoms. The smallest absolute Gasteiger partial charge is 0.245 e. The van der Waals surface area contributed by atoms with Crippen LogP contribution in [0.1, 0.15) is 5.82 Å². The molecule has 10 heteroatoms. The molecule has 1 aromatic carbocycles. The molecule has 0 unspecified atom stereocenters. The van der Waals surface area contributed by atoms with Gasteiger partial charge in [-0.15, -0.1) is 0 Å². The van der Waals surface area contributed by atoms with Crippen molar-refractivity contribution in [1.29, 1.82) is 0 Å². The van der Waals surface area contributed by atoms with Crippen LogP contribution >= 0.6 is 11.8 Å². The van der Waals surface area contributed by atoms with Crippen LogP contribution in [0.25, 0.3) is 22.3 Å². The van der Waals surface area contributed by atoms with Crippen molar-refractivity contribution >= 4 is 45.7 Å². The highest BCUT2D eigenvalue weighted by atomic mass is 32.2. The average Bonchev–Trinajstić information content (AvgIpc) is 3.32. The summed E-state index contributed by atoms with van der Waals surface area (Å²) in [6.07, 6.45) is 0.775. The van der Waals surface area contributed by atoms with Crippen molar-refractivity contribution in [1.82, 2.24) is 29.8 Å². The molecule has 144 valence electrons. The van der Waals surface area contributed by atoms with Crippen molar-refractivity contribution in [3.63, 3.8) is 0 Å². The first-order valence-corrected chi connectivity index (χ1v) is 10.4. The van der Waals surface area contributed by atoms with E-state index in [9.17, 15) is 0 Å². The van der Waals surface area contributed by atoms with E-state index < -0.39 is 0 Å². The molecular weight excluding hydrogens is 376 g/mol. The fraction of sp³-hybridized carbons (Fsp3) is 0.389. The molecule has 0 saturated carbocycles. The Labute approximate surface area is 165 Å². The monoisotopic (exact) mass is 396 g/mol. The van der Waals surface area contributed by atoms with Crippen LogP contribution in [0.5, 0.6) is 0 Å². The van der Waals surface area contributed by atoms with E-state index in [1.807, 2.05) is 30.0 Å². The summed E-state index contributed by atoms with van der Waals surface area (Å²) < 4.78 is 6.93. The Morgan fingerprint density at radius 3 is 2.68 bits per heavy atom. The topological polar surface area (TPSA) is 97.8 Å². The third kappa shape index (κ3) is 3.13. The second-order valence-corrected chi connectivity index (χ2v) is 7.88. The third-order valence-corrected chi connectivity index (χ3v) is 5.87. The van der Waals surface area contributed by atoms with E-state index in [1.165, 1.54) is 0 Å². The van der Waals surface area contributed by atoms with Crippen molar-refractivity contribution in [2.45, 2.75) is 6.42 Å². The second kappa shape index (κ2) is 7.27. The zero-order chi connectivity index (χ0) is 18.9. The Hall–Kier alpha value is -2.88. The van der Waals surface area contributed by atoms with Gasteiger partial charge in [0.25, 0.3) is 0 Å². The van der Waals surface area contributed by atoms with Gasteiger partial charge in [0, 0.05) is 44.6 Å². The zero-order valence-electron chi connectivity index (χ0n) is 15.5. The number of imidazole rings is 1. The summed E-state index contributed by atoms with van der Waals surface area (Å²) in [5.74, 6) is 4.72. The summed E-state index contributed by atoms with van der Waals surface area (Å²) >= 11 is 1.96. The Bertz CT molecular complexity index is 1120. The molecule has 4 heterocycles. The second-order valence-electron chi connectivity index (χ2n) is 6.66. The fourth-order valence-electron chi connectivity index (χ4n) is 3.46. The number of aromatic nitrogens is 6. The van der Waals surface area contributed by atoms with Crippen molar-refractivity contribution in [2.24, 2.45) is 7.05 Å². The Morgan fingerprint density at radius 1 is 1.07 bits per heavy atom. The minimum absolute atomic E-state index is 0.417. The summed E-state index contributed by atoms with van der Waals surface area (Å²) in [4.78, 5) is 16.2. The maximum atomic E-state index is 4.80. The molecule has 4 aromatic rings. The summed E-state index contributed by atoms with van der Waals surface area (Å²) in [7, 11) is 2.05. The molecule has 0 spiro atoms. The van der Waals surface area contributed by atoms with Crippen molar-refractivity contribution in [3.8, 4) is 0 Å². The molecule has 1 saturated heterocycles. The maximum absolute atomic E-state index is 4.80. The van der Waals surface area contributed by atoms with Crippen LogP contribution in [0.3, 0.4) is 0 Å². The van der Waals surface area contributed by atoms with E-state index in [0.717, 1.165) is 53.7 Å². The lowest BCUT2D eigenvalue weighted by atomic mass is 10.3. The molecule has 3 aromatic heterocycles. The first-order chi connectivity index (χ1) is 13.8. The van der Waals surface area contributed by atoms with Crippen LogP contribution in [0.2, 0.25) is 0 Å². The molecule has 0 bridgehead atoms. The number of nitrogens with zero attached hydrogens (tertiary/aromatic N) is 7. The molecule has 0 radical (unpaired) electrons. The Morgan fingerprint density at radius 2 is 1.86 bits per heavy atom. The predicted molar refractivity (Wildman–Crippen MR) is 110 cm³/mol. The number of hydrogen-bond donors (Lipinski definition) is 1. The van der Waals surface area contributed by atoms with Gasteiger partial charge in [0.15, 0.2) is 11.6 Å². The van der Waals surface area contributed by atoms with Gasteiger partial charge >= 0.3 is 0 Å². The third-order valence-electron chi connectivity index (χ3n) is 4.93. The van der Waals surface area contributed by atoms with Gasteiger partial charge in [-0.2, -0.15) is 11.8 Å². The van der Waals surface area contributed by atoms with Crippen LogP contribution in [0.4, 0.5) is 11.6 Å². The first-order valence-electron chi connectivity index (χ1n) is 9.27. The van der Waals surface area contributed by atoms with Crippen LogP contribution in [-0.2, 0) is 13.5 Å². The number of rotatable bonds is 5. The van der Waals surface area contributed by atoms with Gasteiger partial charge in [0.2, 0.25) is 11.3 Å². The van der Waals surface area contributed by atoms with E-state index in [-0.39, 0.29) is 0 Å². The molecule has 0 amide bonds. The lowest BCUT2D eigenvalue weighted by Gasteiger charge is -2.28. The number of hydrogen-bond acceptors (Lipinski definition) is 9. The van der Waals surface area contributed by atoms with Crippen LogP contribution < -0.4 is 10.2 Å². The van der Waals surface area contributed by atoms with Crippen molar-refractivity contribution < 1.29 is 4.63 Å². The SMILES string of the molecule is Cn1c(CCNc2nc3nonc3nc2N2CCSCC2)nc2ccccc21. The van der Waals surface area contributed by atoms with Gasteiger partial charge in [-0.3, -0.25) is 0 Å². The molecule has 0 atom stereocenters.